The lowest BCUT2D eigenvalue weighted by atomic mass is 10.1. The lowest BCUT2D eigenvalue weighted by Crippen LogP contribution is -2.00. The van der Waals surface area contributed by atoms with Crippen molar-refractivity contribution in [2.24, 2.45) is 0 Å². The number of carboxylic acids is 1. The Morgan fingerprint density at radius 2 is 2.05 bits per heavy atom. The maximum atomic E-state index is 10.8. The van der Waals surface area contributed by atoms with E-state index in [0.29, 0.717) is 6.61 Å². The van der Waals surface area contributed by atoms with Crippen LogP contribution in [0.4, 0.5) is 0 Å². The minimum Gasteiger partial charge on any atom is -0.478 e. The molecule has 2 aromatic rings. The zero-order valence-corrected chi connectivity index (χ0v) is 10.4. The van der Waals surface area contributed by atoms with Gasteiger partial charge in [-0.1, -0.05) is 12.1 Å². The van der Waals surface area contributed by atoms with Gasteiger partial charge >= 0.3 is 5.97 Å². The number of carboxylic acid groups (broad SMARTS) is 1. The monoisotopic (exact) mass is 258 g/mol. The summed E-state index contributed by atoms with van der Waals surface area (Å²) in [6.45, 7) is 1.56. The molecule has 0 atom stereocenters. The van der Waals surface area contributed by atoms with Gasteiger partial charge in [0.25, 0.3) is 0 Å². The highest BCUT2D eigenvalue weighted by atomic mass is 16.5. The Hall–Kier alpha value is -2.30. The number of fused-ring (bicyclic) bond motifs is 1. The molecule has 1 aromatic carbocycles. The first-order valence-electron chi connectivity index (χ1n) is 6.28. The van der Waals surface area contributed by atoms with Gasteiger partial charge < -0.3 is 9.84 Å². The third kappa shape index (κ3) is 2.19. The first-order valence-corrected chi connectivity index (χ1v) is 6.28. The van der Waals surface area contributed by atoms with Crippen molar-refractivity contribution in [2.75, 3.05) is 6.61 Å². The number of benzene rings is 1. The number of aromatic nitrogens is 2. The Morgan fingerprint density at radius 3 is 2.79 bits per heavy atom. The standard InChI is InChI=1S/C14H14N2O3/c17-14(18)11-5-3-10(4-6-11)12-9-15-16-7-1-2-8-19-13(12)16/h3-6,9H,1-2,7-8H2,(H,17,18). The minimum atomic E-state index is -0.920. The third-order valence-corrected chi connectivity index (χ3v) is 3.24. The van der Waals surface area contributed by atoms with Crippen LogP contribution in [0.1, 0.15) is 23.2 Å². The summed E-state index contributed by atoms with van der Waals surface area (Å²) in [5.41, 5.74) is 2.12. The summed E-state index contributed by atoms with van der Waals surface area (Å²) in [7, 11) is 0. The van der Waals surface area contributed by atoms with Crippen LogP contribution >= 0.6 is 0 Å². The average molecular weight is 258 g/mol. The van der Waals surface area contributed by atoms with Crippen LogP contribution in [0.25, 0.3) is 11.1 Å². The van der Waals surface area contributed by atoms with Crippen molar-refractivity contribution in [3.8, 4) is 17.0 Å². The minimum absolute atomic E-state index is 0.280. The summed E-state index contributed by atoms with van der Waals surface area (Å²) < 4.78 is 7.60. The van der Waals surface area contributed by atoms with Crippen LogP contribution in [0.15, 0.2) is 30.5 Å². The molecule has 5 heteroatoms. The van der Waals surface area contributed by atoms with E-state index in [1.54, 1.807) is 30.5 Å². The molecule has 3 rings (SSSR count). The second-order valence-electron chi connectivity index (χ2n) is 4.52. The zero-order chi connectivity index (χ0) is 13.2. The molecule has 1 N–H and O–H groups in total. The van der Waals surface area contributed by atoms with Crippen LogP contribution < -0.4 is 4.74 Å². The normalized spacial score (nSPS) is 14.3. The Morgan fingerprint density at radius 1 is 1.26 bits per heavy atom. The molecular formula is C14H14N2O3. The van der Waals surface area contributed by atoms with E-state index >= 15 is 0 Å². The molecule has 0 aliphatic carbocycles. The van der Waals surface area contributed by atoms with Crippen molar-refractivity contribution in [3.05, 3.63) is 36.0 Å². The molecule has 0 unspecified atom stereocenters. The Bertz CT molecular complexity index is 602. The molecule has 1 aromatic heterocycles. The van der Waals surface area contributed by atoms with Crippen LogP contribution in [0.3, 0.4) is 0 Å². The average Bonchev–Trinajstić information content (AvgIpc) is 2.68. The molecule has 2 heterocycles. The fourth-order valence-electron chi connectivity index (χ4n) is 2.21. The lowest BCUT2D eigenvalue weighted by molar-refractivity contribution is 0.0697. The summed E-state index contributed by atoms with van der Waals surface area (Å²) in [6.07, 6.45) is 3.86. The van der Waals surface area contributed by atoms with E-state index in [1.807, 2.05) is 4.68 Å². The van der Waals surface area contributed by atoms with E-state index in [4.69, 9.17) is 9.84 Å². The second-order valence-corrected chi connectivity index (χ2v) is 4.52. The third-order valence-electron chi connectivity index (χ3n) is 3.24. The van der Waals surface area contributed by atoms with Gasteiger partial charge in [-0.15, -0.1) is 0 Å². The van der Waals surface area contributed by atoms with Crippen LogP contribution in [-0.2, 0) is 6.54 Å². The smallest absolute Gasteiger partial charge is 0.335 e. The van der Waals surface area contributed by atoms with Gasteiger partial charge in [0.05, 0.1) is 23.9 Å². The zero-order valence-electron chi connectivity index (χ0n) is 10.4. The topological polar surface area (TPSA) is 64.3 Å². The number of ether oxygens (including phenoxy) is 1. The molecule has 0 fully saturated rings. The highest BCUT2D eigenvalue weighted by Gasteiger charge is 2.16. The molecule has 19 heavy (non-hydrogen) atoms. The van der Waals surface area contributed by atoms with E-state index in [9.17, 15) is 4.79 Å². The van der Waals surface area contributed by atoms with Crippen molar-refractivity contribution in [1.29, 1.82) is 0 Å². The van der Waals surface area contributed by atoms with Gasteiger partial charge in [-0.2, -0.15) is 5.10 Å². The van der Waals surface area contributed by atoms with Crippen molar-refractivity contribution in [3.63, 3.8) is 0 Å². The number of hydrogen-bond acceptors (Lipinski definition) is 3. The summed E-state index contributed by atoms with van der Waals surface area (Å²) in [5.74, 6) is -0.141. The predicted octanol–water partition coefficient (Wildman–Crippen LogP) is 2.42. The maximum Gasteiger partial charge on any atom is 0.335 e. The van der Waals surface area contributed by atoms with Crippen molar-refractivity contribution in [2.45, 2.75) is 19.4 Å². The van der Waals surface area contributed by atoms with Crippen molar-refractivity contribution in [1.82, 2.24) is 9.78 Å². The Kier molecular flexibility index (Phi) is 2.95. The highest BCUT2D eigenvalue weighted by molar-refractivity contribution is 5.88. The quantitative estimate of drug-likeness (QED) is 0.898. The summed E-state index contributed by atoms with van der Waals surface area (Å²) in [6, 6.07) is 6.77. The van der Waals surface area contributed by atoms with Crippen LogP contribution in [0.2, 0.25) is 0 Å². The van der Waals surface area contributed by atoms with Crippen molar-refractivity contribution < 1.29 is 14.6 Å². The van der Waals surface area contributed by atoms with Gasteiger partial charge in [-0.3, -0.25) is 0 Å². The maximum absolute atomic E-state index is 10.8. The van der Waals surface area contributed by atoms with Crippen LogP contribution in [0, 0.1) is 0 Å². The molecule has 1 aliphatic rings. The largest absolute Gasteiger partial charge is 0.478 e. The van der Waals surface area contributed by atoms with Gasteiger partial charge in [-0.05, 0) is 30.5 Å². The van der Waals surface area contributed by atoms with Gasteiger partial charge in [0.2, 0.25) is 5.88 Å². The summed E-state index contributed by atoms with van der Waals surface area (Å²) >= 11 is 0. The number of rotatable bonds is 2. The number of hydrogen-bond donors (Lipinski definition) is 1. The molecule has 98 valence electrons. The van der Waals surface area contributed by atoms with Gasteiger partial charge in [-0.25, -0.2) is 9.48 Å². The van der Waals surface area contributed by atoms with E-state index in [-0.39, 0.29) is 5.56 Å². The fraction of sp³-hybridized carbons (Fsp3) is 0.286. The molecule has 0 bridgehead atoms. The predicted molar refractivity (Wildman–Crippen MR) is 69.4 cm³/mol. The first kappa shape index (κ1) is 11.8. The number of nitrogens with zero attached hydrogens (tertiary/aromatic N) is 2. The fourth-order valence-corrected chi connectivity index (χ4v) is 2.21. The van der Waals surface area contributed by atoms with Gasteiger partial charge in [0.1, 0.15) is 0 Å². The van der Waals surface area contributed by atoms with E-state index < -0.39 is 5.97 Å². The number of carbonyl (C=O) groups is 1. The molecule has 0 saturated heterocycles. The van der Waals surface area contributed by atoms with Gasteiger partial charge in [0, 0.05) is 6.54 Å². The molecule has 0 radical (unpaired) electrons. The van der Waals surface area contributed by atoms with Crippen molar-refractivity contribution >= 4 is 5.97 Å². The second kappa shape index (κ2) is 4.76. The van der Waals surface area contributed by atoms with E-state index in [0.717, 1.165) is 36.4 Å². The summed E-state index contributed by atoms with van der Waals surface area (Å²) in [4.78, 5) is 10.8. The van der Waals surface area contributed by atoms with Crippen LogP contribution in [0.5, 0.6) is 5.88 Å². The van der Waals surface area contributed by atoms with Crippen LogP contribution in [-0.4, -0.2) is 27.5 Å². The molecule has 0 spiro atoms. The lowest BCUT2D eigenvalue weighted by Gasteiger charge is -2.06. The van der Waals surface area contributed by atoms with Gasteiger partial charge in [0.15, 0.2) is 0 Å². The molecule has 0 saturated carbocycles. The number of aromatic carboxylic acids is 1. The highest BCUT2D eigenvalue weighted by Crippen LogP contribution is 2.31. The van der Waals surface area contributed by atoms with E-state index in [1.165, 1.54) is 0 Å². The number of aryl methyl sites for hydroxylation is 1. The Labute approximate surface area is 110 Å². The SMILES string of the molecule is O=C(O)c1ccc(-c2cnn3c2OCCCC3)cc1. The summed E-state index contributed by atoms with van der Waals surface area (Å²) in [5, 5.41) is 13.2. The molecule has 1 aliphatic heterocycles. The Balaban J connectivity index is 1.98. The molecular weight excluding hydrogens is 244 g/mol. The molecule has 0 amide bonds. The molecule has 5 nitrogen and oxygen atoms in total. The first-order chi connectivity index (χ1) is 9.25. The van der Waals surface area contributed by atoms with E-state index in [2.05, 4.69) is 5.10 Å².